The van der Waals surface area contributed by atoms with Gasteiger partial charge in [0.1, 0.15) is 0 Å². The molecule has 0 unspecified atom stereocenters. The molecule has 0 radical (unpaired) electrons. The number of hydrogen-bond acceptors (Lipinski definition) is 3. The van der Waals surface area contributed by atoms with E-state index in [4.69, 9.17) is 5.11 Å². The molecule has 1 aliphatic rings. The van der Waals surface area contributed by atoms with Gasteiger partial charge >= 0.3 is 5.97 Å². The van der Waals surface area contributed by atoms with Crippen molar-refractivity contribution >= 4 is 11.9 Å². The minimum atomic E-state index is -0.744. The van der Waals surface area contributed by atoms with Crippen LogP contribution in [0.25, 0.3) is 0 Å². The summed E-state index contributed by atoms with van der Waals surface area (Å²) in [6, 6.07) is 0. The maximum absolute atomic E-state index is 11.7. The SMILES string of the molecule is O=C(O)CCCCCNC(=O)CCN1CCCCCC1. The predicted molar refractivity (Wildman–Crippen MR) is 78.6 cm³/mol. The zero-order chi connectivity index (χ0) is 14.6. The number of aliphatic carboxylic acids is 1. The van der Waals surface area contributed by atoms with Crippen molar-refractivity contribution in [2.24, 2.45) is 0 Å². The van der Waals surface area contributed by atoms with Crippen LogP contribution in [0.4, 0.5) is 0 Å². The minimum Gasteiger partial charge on any atom is -0.481 e. The Bertz CT molecular complexity index is 287. The highest BCUT2D eigenvalue weighted by molar-refractivity contribution is 5.76. The van der Waals surface area contributed by atoms with Crippen LogP contribution in [-0.4, -0.2) is 48.1 Å². The van der Waals surface area contributed by atoms with Crippen molar-refractivity contribution in [3.8, 4) is 0 Å². The molecule has 0 bridgehead atoms. The van der Waals surface area contributed by atoms with Crippen LogP contribution < -0.4 is 5.32 Å². The van der Waals surface area contributed by atoms with Crippen LogP contribution in [0.2, 0.25) is 0 Å². The van der Waals surface area contributed by atoms with Crippen molar-refractivity contribution in [2.75, 3.05) is 26.2 Å². The van der Waals surface area contributed by atoms with Crippen molar-refractivity contribution in [3.63, 3.8) is 0 Å². The first-order valence-corrected chi connectivity index (χ1v) is 7.89. The Morgan fingerprint density at radius 3 is 2.30 bits per heavy atom. The summed E-state index contributed by atoms with van der Waals surface area (Å²) in [5, 5.41) is 11.4. The standard InChI is InChI=1S/C15H28N2O3/c18-14(16-10-5-3-4-8-15(19)20)9-13-17-11-6-1-2-7-12-17/h1-13H2,(H,16,18)(H,19,20). The summed E-state index contributed by atoms with van der Waals surface area (Å²) in [5.41, 5.74) is 0. The number of amides is 1. The van der Waals surface area contributed by atoms with Crippen molar-refractivity contribution in [1.29, 1.82) is 0 Å². The van der Waals surface area contributed by atoms with E-state index >= 15 is 0 Å². The van der Waals surface area contributed by atoms with Gasteiger partial charge in [-0.25, -0.2) is 0 Å². The first-order chi connectivity index (χ1) is 9.68. The lowest BCUT2D eigenvalue weighted by Crippen LogP contribution is -2.31. The van der Waals surface area contributed by atoms with Gasteiger partial charge in [0.05, 0.1) is 0 Å². The zero-order valence-electron chi connectivity index (χ0n) is 12.4. The van der Waals surface area contributed by atoms with E-state index in [1.165, 1.54) is 25.7 Å². The van der Waals surface area contributed by atoms with Crippen LogP contribution in [0.1, 0.15) is 57.8 Å². The lowest BCUT2D eigenvalue weighted by atomic mass is 10.2. The first-order valence-electron chi connectivity index (χ1n) is 7.89. The second-order valence-electron chi connectivity index (χ2n) is 5.56. The predicted octanol–water partition coefficient (Wildman–Crippen LogP) is 2.01. The second kappa shape index (κ2) is 10.7. The number of hydrogen-bond donors (Lipinski definition) is 2. The van der Waals surface area contributed by atoms with Gasteiger partial charge in [-0.15, -0.1) is 0 Å². The van der Waals surface area contributed by atoms with Crippen molar-refractivity contribution in [1.82, 2.24) is 10.2 Å². The van der Waals surface area contributed by atoms with E-state index in [1.54, 1.807) is 0 Å². The summed E-state index contributed by atoms with van der Waals surface area (Å²) >= 11 is 0. The van der Waals surface area contributed by atoms with Gasteiger partial charge in [-0.05, 0) is 38.8 Å². The quantitative estimate of drug-likeness (QED) is 0.636. The van der Waals surface area contributed by atoms with Gasteiger partial charge in [0.15, 0.2) is 0 Å². The van der Waals surface area contributed by atoms with E-state index < -0.39 is 5.97 Å². The number of carboxylic acids is 1. The highest BCUT2D eigenvalue weighted by Crippen LogP contribution is 2.09. The molecule has 1 heterocycles. The minimum absolute atomic E-state index is 0.118. The maximum atomic E-state index is 11.7. The van der Waals surface area contributed by atoms with E-state index in [-0.39, 0.29) is 12.3 Å². The Morgan fingerprint density at radius 1 is 0.950 bits per heavy atom. The molecule has 1 fully saturated rings. The molecule has 0 saturated carbocycles. The van der Waals surface area contributed by atoms with Crippen molar-refractivity contribution in [3.05, 3.63) is 0 Å². The molecule has 0 aromatic carbocycles. The smallest absolute Gasteiger partial charge is 0.303 e. The second-order valence-corrected chi connectivity index (χ2v) is 5.56. The van der Waals surface area contributed by atoms with Crippen LogP contribution in [-0.2, 0) is 9.59 Å². The van der Waals surface area contributed by atoms with Gasteiger partial charge in [0.2, 0.25) is 5.91 Å². The number of rotatable bonds is 9. The van der Waals surface area contributed by atoms with Gasteiger partial charge in [0, 0.05) is 25.9 Å². The van der Waals surface area contributed by atoms with E-state index in [2.05, 4.69) is 10.2 Å². The van der Waals surface area contributed by atoms with Gasteiger partial charge < -0.3 is 15.3 Å². The lowest BCUT2D eigenvalue weighted by Gasteiger charge is -2.19. The average molecular weight is 284 g/mol. The van der Waals surface area contributed by atoms with Crippen LogP contribution >= 0.6 is 0 Å². The lowest BCUT2D eigenvalue weighted by molar-refractivity contribution is -0.137. The number of carbonyl (C=O) groups excluding carboxylic acids is 1. The van der Waals surface area contributed by atoms with Gasteiger partial charge in [-0.3, -0.25) is 9.59 Å². The normalized spacial score (nSPS) is 16.6. The zero-order valence-corrected chi connectivity index (χ0v) is 12.4. The summed E-state index contributed by atoms with van der Waals surface area (Å²) in [5.74, 6) is -0.626. The van der Waals surface area contributed by atoms with Gasteiger partial charge in [0.25, 0.3) is 0 Å². The van der Waals surface area contributed by atoms with E-state index in [0.717, 1.165) is 32.5 Å². The Kier molecular flexibility index (Phi) is 9.04. The molecule has 5 nitrogen and oxygen atoms in total. The van der Waals surface area contributed by atoms with Crippen LogP contribution in [0.3, 0.4) is 0 Å². The van der Waals surface area contributed by atoms with Crippen LogP contribution in [0, 0.1) is 0 Å². The first kappa shape index (κ1) is 17.0. The molecular formula is C15H28N2O3. The molecule has 0 atom stereocenters. The number of nitrogens with zero attached hydrogens (tertiary/aromatic N) is 1. The molecule has 0 aromatic rings. The van der Waals surface area contributed by atoms with E-state index in [9.17, 15) is 9.59 Å². The summed E-state index contributed by atoms with van der Waals surface area (Å²) in [6.07, 6.45) is 8.37. The van der Waals surface area contributed by atoms with Crippen LogP contribution in [0.5, 0.6) is 0 Å². The molecule has 1 rings (SSSR count). The highest BCUT2D eigenvalue weighted by Gasteiger charge is 2.10. The van der Waals surface area contributed by atoms with Gasteiger partial charge in [-0.2, -0.15) is 0 Å². The maximum Gasteiger partial charge on any atom is 0.303 e. The number of likely N-dealkylation sites (tertiary alicyclic amines) is 1. The fraction of sp³-hybridized carbons (Fsp3) is 0.867. The fourth-order valence-corrected chi connectivity index (χ4v) is 2.51. The topological polar surface area (TPSA) is 69.6 Å². The molecule has 1 aliphatic heterocycles. The Balaban J connectivity index is 1.95. The molecule has 2 N–H and O–H groups in total. The Labute approximate surface area is 121 Å². The van der Waals surface area contributed by atoms with Crippen molar-refractivity contribution < 1.29 is 14.7 Å². The number of nitrogens with one attached hydrogen (secondary N) is 1. The molecule has 116 valence electrons. The Morgan fingerprint density at radius 2 is 1.65 bits per heavy atom. The molecule has 1 saturated heterocycles. The third kappa shape index (κ3) is 8.91. The number of carboxylic acid groups (broad SMARTS) is 1. The molecule has 0 aromatic heterocycles. The molecular weight excluding hydrogens is 256 g/mol. The fourth-order valence-electron chi connectivity index (χ4n) is 2.51. The molecule has 0 spiro atoms. The van der Waals surface area contributed by atoms with Gasteiger partial charge in [-0.1, -0.05) is 19.3 Å². The molecule has 0 aliphatic carbocycles. The number of carbonyl (C=O) groups is 2. The average Bonchev–Trinajstić information content (AvgIpc) is 2.68. The largest absolute Gasteiger partial charge is 0.481 e. The number of unbranched alkanes of at least 4 members (excludes halogenated alkanes) is 2. The van der Waals surface area contributed by atoms with E-state index in [1.807, 2.05) is 0 Å². The molecule has 5 heteroatoms. The van der Waals surface area contributed by atoms with Crippen molar-refractivity contribution in [2.45, 2.75) is 57.8 Å². The summed E-state index contributed by atoms with van der Waals surface area (Å²) in [4.78, 5) is 24.4. The summed E-state index contributed by atoms with van der Waals surface area (Å²) < 4.78 is 0. The summed E-state index contributed by atoms with van der Waals surface area (Å²) in [6.45, 7) is 3.79. The van der Waals surface area contributed by atoms with E-state index in [0.29, 0.717) is 19.4 Å². The summed E-state index contributed by atoms with van der Waals surface area (Å²) in [7, 11) is 0. The molecule has 20 heavy (non-hydrogen) atoms. The third-order valence-electron chi connectivity index (χ3n) is 3.74. The third-order valence-corrected chi connectivity index (χ3v) is 3.74. The monoisotopic (exact) mass is 284 g/mol. The molecule has 1 amide bonds. The highest BCUT2D eigenvalue weighted by atomic mass is 16.4. The van der Waals surface area contributed by atoms with Crippen LogP contribution in [0.15, 0.2) is 0 Å². The Hall–Kier alpha value is -1.10.